The van der Waals surface area contributed by atoms with Crippen LogP contribution in [0.3, 0.4) is 0 Å². The molecular formula is C11H23N3O. The molecule has 1 aliphatic heterocycles. The van der Waals surface area contributed by atoms with E-state index in [9.17, 15) is 4.79 Å². The summed E-state index contributed by atoms with van der Waals surface area (Å²) in [6, 6.07) is -0.0973. The van der Waals surface area contributed by atoms with Crippen molar-refractivity contribution in [2.24, 2.45) is 11.7 Å². The number of primary amides is 1. The number of hydrogen-bond acceptors (Lipinski definition) is 3. The Morgan fingerprint density at radius 2 is 2.13 bits per heavy atom. The lowest BCUT2D eigenvalue weighted by Crippen LogP contribution is -2.45. The second-order valence-corrected chi connectivity index (χ2v) is 4.46. The van der Waals surface area contributed by atoms with Crippen LogP contribution in [0, 0.1) is 5.92 Å². The normalized spacial score (nSPS) is 20.5. The minimum absolute atomic E-state index is 0.0973. The van der Waals surface area contributed by atoms with Gasteiger partial charge in [-0.2, -0.15) is 0 Å². The Morgan fingerprint density at radius 3 is 2.60 bits per heavy atom. The van der Waals surface area contributed by atoms with Gasteiger partial charge < -0.3 is 11.1 Å². The second kappa shape index (κ2) is 6.08. The lowest BCUT2D eigenvalue weighted by atomic mass is 9.97. The maximum Gasteiger partial charge on any atom is 0.234 e. The van der Waals surface area contributed by atoms with Crippen molar-refractivity contribution in [3.8, 4) is 0 Å². The van der Waals surface area contributed by atoms with Gasteiger partial charge in [0.15, 0.2) is 0 Å². The molecule has 4 heteroatoms. The lowest BCUT2D eigenvalue weighted by molar-refractivity contribution is -0.123. The summed E-state index contributed by atoms with van der Waals surface area (Å²) in [6.07, 6.45) is 3.22. The van der Waals surface area contributed by atoms with Crippen LogP contribution in [-0.4, -0.2) is 43.5 Å². The molecule has 1 rings (SSSR count). The predicted molar refractivity (Wildman–Crippen MR) is 61.5 cm³/mol. The molecule has 1 aliphatic rings. The molecule has 0 saturated carbocycles. The third kappa shape index (κ3) is 3.80. The molecule has 1 saturated heterocycles. The Bertz CT molecular complexity index is 202. The van der Waals surface area contributed by atoms with Crippen molar-refractivity contribution in [2.45, 2.75) is 32.2 Å². The van der Waals surface area contributed by atoms with Gasteiger partial charge in [0.05, 0.1) is 6.04 Å². The number of carbonyl (C=O) groups is 1. The van der Waals surface area contributed by atoms with E-state index in [0.717, 1.165) is 26.1 Å². The van der Waals surface area contributed by atoms with Gasteiger partial charge in [-0.15, -0.1) is 0 Å². The van der Waals surface area contributed by atoms with Gasteiger partial charge in [0.25, 0.3) is 0 Å². The maximum absolute atomic E-state index is 11.2. The first kappa shape index (κ1) is 12.5. The van der Waals surface area contributed by atoms with Crippen molar-refractivity contribution in [3.05, 3.63) is 0 Å². The van der Waals surface area contributed by atoms with Gasteiger partial charge in [-0.05, 0) is 45.3 Å². The molecule has 1 fully saturated rings. The van der Waals surface area contributed by atoms with Crippen LogP contribution in [-0.2, 0) is 4.79 Å². The third-order valence-electron chi connectivity index (χ3n) is 3.25. The summed E-state index contributed by atoms with van der Waals surface area (Å²) in [5.74, 6) is 0.513. The molecule has 1 heterocycles. The van der Waals surface area contributed by atoms with E-state index in [1.807, 2.05) is 14.0 Å². The number of likely N-dealkylation sites (N-methyl/N-ethyl adjacent to an activating group) is 1. The average Bonchev–Trinajstić information content (AvgIpc) is 2.19. The highest BCUT2D eigenvalue weighted by Gasteiger charge is 2.22. The number of amides is 1. The molecule has 0 radical (unpaired) electrons. The minimum Gasteiger partial charge on any atom is -0.368 e. The van der Waals surface area contributed by atoms with Gasteiger partial charge in [0.2, 0.25) is 5.91 Å². The van der Waals surface area contributed by atoms with Crippen molar-refractivity contribution in [3.63, 3.8) is 0 Å². The Balaban J connectivity index is 2.38. The minimum atomic E-state index is -0.200. The molecule has 4 nitrogen and oxygen atoms in total. The second-order valence-electron chi connectivity index (χ2n) is 4.46. The third-order valence-corrected chi connectivity index (χ3v) is 3.25. The maximum atomic E-state index is 11.2. The highest BCUT2D eigenvalue weighted by molar-refractivity contribution is 5.79. The Hall–Kier alpha value is -0.610. The van der Waals surface area contributed by atoms with Gasteiger partial charge in [-0.3, -0.25) is 9.69 Å². The van der Waals surface area contributed by atoms with E-state index in [4.69, 9.17) is 5.73 Å². The van der Waals surface area contributed by atoms with Crippen LogP contribution in [0.4, 0.5) is 0 Å². The Labute approximate surface area is 92.2 Å². The van der Waals surface area contributed by atoms with E-state index in [1.165, 1.54) is 12.8 Å². The van der Waals surface area contributed by atoms with Crippen molar-refractivity contribution < 1.29 is 4.79 Å². The van der Waals surface area contributed by atoms with Crippen LogP contribution in [0.15, 0.2) is 0 Å². The molecule has 0 aromatic heterocycles. The van der Waals surface area contributed by atoms with Crippen molar-refractivity contribution in [1.82, 2.24) is 10.2 Å². The molecule has 1 atom stereocenters. The Kier molecular flexibility index (Phi) is 5.05. The molecular weight excluding hydrogens is 190 g/mol. The molecule has 3 N–H and O–H groups in total. The fourth-order valence-electron chi connectivity index (χ4n) is 2.33. The molecule has 0 aromatic rings. The molecule has 0 spiro atoms. The molecule has 1 unspecified atom stereocenters. The highest BCUT2D eigenvalue weighted by atomic mass is 16.1. The molecule has 0 aromatic carbocycles. The summed E-state index contributed by atoms with van der Waals surface area (Å²) in [4.78, 5) is 13.3. The number of nitrogens with one attached hydrogen (secondary N) is 1. The molecule has 15 heavy (non-hydrogen) atoms. The van der Waals surface area contributed by atoms with E-state index in [0.29, 0.717) is 5.92 Å². The first-order valence-electron chi connectivity index (χ1n) is 5.85. The Morgan fingerprint density at radius 1 is 1.53 bits per heavy atom. The number of carbonyl (C=O) groups excluding carboxylic acids is 1. The number of rotatable bonds is 5. The van der Waals surface area contributed by atoms with Crippen molar-refractivity contribution >= 4 is 5.91 Å². The van der Waals surface area contributed by atoms with Crippen LogP contribution >= 0.6 is 0 Å². The molecule has 1 amide bonds. The molecule has 88 valence electrons. The zero-order valence-corrected chi connectivity index (χ0v) is 9.83. The fourth-order valence-corrected chi connectivity index (χ4v) is 2.33. The van der Waals surface area contributed by atoms with Crippen molar-refractivity contribution in [1.29, 1.82) is 0 Å². The molecule has 0 aliphatic carbocycles. The fraction of sp³-hybridized carbons (Fsp3) is 0.909. The quantitative estimate of drug-likeness (QED) is 0.685. The number of hydrogen-bond donors (Lipinski definition) is 2. The van der Waals surface area contributed by atoms with Crippen LogP contribution in [0.25, 0.3) is 0 Å². The smallest absolute Gasteiger partial charge is 0.234 e. The van der Waals surface area contributed by atoms with Gasteiger partial charge in [-0.1, -0.05) is 6.92 Å². The summed E-state index contributed by atoms with van der Waals surface area (Å²) in [6.45, 7) is 5.20. The van der Waals surface area contributed by atoms with Crippen molar-refractivity contribution in [2.75, 3.05) is 26.7 Å². The summed E-state index contributed by atoms with van der Waals surface area (Å²) in [5.41, 5.74) is 5.36. The van der Waals surface area contributed by atoms with E-state index in [2.05, 4.69) is 10.2 Å². The first-order chi connectivity index (χ1) is 7.15. The predicted octanol–water partition coefficient (Wildman–Crippen LogP) is 0.182. The number of nitrogens with two attached hydrogens (primary N) is 1. The summed E-state index contributed by atoms with van der Waals surface area (Å²) in [7, 11) is 2.00. The van der Waals surface area contributed by atoms with Crippen LogP contribution < -0.4 is 11.1 Å². The standard InChI is InChI=1S/C11H23N3O/c1-3-10(11(12)15)14(2)8-9-4-6-13-7-5-9/h9-10,13H,3-8H2,1-2H3,(H2,12,15). The van der Waals surface area contributed by atoms with Gasteiger partial charge in [-0.25, -0.2) is 0 Å². The van der Waals surface area contributed by atoms with E-state index in [1.54, 1.807) is 0 Å². The monoisotopic (exact) mass is 213 g/mol. The van der Waals surface area contributed by atoms with E-state index in [-0.39, 0.29) is 11.9 Å². The van der Waals surface area contributed by atoms with Gasteiger partial charge in [0, 0.05) is 6.54 Å². The summed E-state index contributed by atoms with van der Waals surface area (Å²) >= 11 is 0. The van der Waals surface area contributed by atoms with E-state index < -0.39 is 0 Å². The summed E-state index contributed by atoms with van der Waals surface area (Å²) < 4.78 is 0. The van der Waals surface area contributed by atoms with Crippen LogP contribution in [0.5, 0.6) is 0 Å². The SMILES string of the molecule is CCC(C(N)=O)N(C)CC1CCNCC1. The lowest BCUT2D eigenvalue weighted by Gasteiger charge is -2.31. The van der Waals surface area contributed by atoms with Crippen LogP contribution in [0.2, 0.25) is 0 Å². The molecule has 0 bridgehead atoms. The van der Waals surface area contributed by atoms with Gasteiger partial charge >= 0.3 is 0 Å². The first-order valence-corrected chi connectivity index (χ1v) is 5.85. The highest BCUT2D eigenvalue weighted by Crippen LogP contribution is 2.14. The van der Waals surface area contributed by atoms with Crippen LogP contribution in [0.1, 0.15) is 26.2 Å². The largest absolute Gasteiger partial charge is 0.368 e. The zero-order valence-electron chi connectivity index (χ0n) is 9.83. The average molecular weight is 213 g/mol. The van der Waals surface area contributed by atoms with Gasteiger partial charge in [0.1, 0.15) is 0 Å². The number of piperidine rings is 1. The van der Waals surface area contributed by atoms with E-state index >= 15 is 0 Å². The summed E-state index contributed by atoms with van der Waals surface area (Å²) in [5, 5.41) is 3.34. The zero-order chi connectivity index (χ0) is 11.3. The number of nitrogens with zero attached hydrogens (tertiary/aromatic N) is 1. The topological polar surface area (TPSA) is 58.4 Å².